The third-order valence-corrected chi connectivity index (χ3v) is 3.51. The molecule has 0 saturated carbocycles. The first-order valence-electron chi connectivity index (χ1n) is 7.58. The van der Waals surface area contributed by atoms with Crippen LogP contribution in [0, 0.1) is 5.82 Å². The van der Waals surface area contributed by atoms with E-state index in [1.54, 1.807) is 55.9 Å². The van der Waals surface area contributed by atoms with Gasteiger partial charge in [-0.05, 0) is 48.0 Å². The standard InChI is InChI=1S/C19H16FN3O2/c1-25-16-7-3-14(4-8-16)5-10-19(24)22-15-6-9-18(17(20)13-15)23-12-2-11-21-23/h2-13H,1H3,(H,22,24). The van der Waals surface area contributed by atoms with E-state index in [1.807, 2.05) is 12.1 Å². The van der Waals surface area contributed by atoms with Gasteiger partial charge in [-0.25, -0.2) is 9.07 Å². The van der Waals surface area contributed by atoms with Crippen LogP contribution in [0.4, 0.5) is 10.1 Å². The Kier molecular flexibility index (Phi) is 4.89. The summed E-state index contributed by atoms with van der Waals surface area (Å²) >= 11 is 0. The quantitative estimate of drug-likeness (QED) is 0.723. The van der Waals surface area contributed by atoms with E-state index in [0.717, 1.165) is 11.3 Å². The molecular weight excluding hydrogens is 321 g/mol. The number of nitrogens with zero attached hydrogens (tertiary/aromatic N) is 2. The van der Waals surface area contributed by atoms with Gasteiger partial charge in [-0.1, -0.05) is 12.1 Å². The third kappa shape index (κ3) is 4.11. The molecule has 2 aromatic carbocycles. The number of ether oxygens (including phenoxy) is 1. The monoisotopic (exact) mass is 337 g/mol. The summed E-state index contributed by atoms with van der Waals surface area (Å²) in [6, 6.07) is 13.4. The summed E-state index contributed by atoms with van der Waals surface area (Å²) < 4.78 is 20.6. The van der Waals surface area contributed by atoms with E-state index in [1.165, 1.54) is 16.8 Å². The van der Waals surface area contributed by atoms with Crippen LogP contribution in [0.3, 0.4) is 0 Å². The van der Waals surface area contributed by atoms with Crippen LogP contribution >= 0.6 is 0 Å². The zero-order valence-corrected chi connectivity index (χ0v) is 13.5. The van der Waals surface area contributed by atoms with Crippen molar-refractivity contribution in [2.45, 2.75) is 0 Å². The van der Waals surface area contributed by atoms with E-state index in [2.05, 4.69) is 10.4 Å². The molecule has 5 nitrogen and oxygen atoms in total. The van der Waals surface area contributed by atoms with Gasteiger partial charge in [0.1, 0.15) is 11.4 Å². The largest absolute Gasteiger partial charge is 0.497 e. The van der Waals surface area contributed by atoms with Crippen molar-refractivity contribution in [3.63, 3.8) is 0 Å². The second kappa shape index (κ2) is 7.44. The fourth-order valence-electron chi connectivity index (χ4n) is 2.25. The summed E-state index contributed by atoms with van der Waals surface area (Å²) in [5.41, 5.74) is 1.55. The van der Waals surface area contributed by atoms with Crippen molar-refractivity contribution in [1.82, 2.24) is 9.78 Å². The SMILES string of the molecule is COc1ccc(C=CC(=O)Nc2ccc(-n3cccn3)c(F)c2)cc1. The Morgan fingerprint density at radius 1 is 1.24 bits per heavy atom. The predicted octanol–water partition coefficient (Wildman–Crippen LogP) is 3.67. The maximum Gasteiger partial charge on any atom is 0.248 e. The van der Waals surface area contributed by atoms with Gasteiger partial charge in [-0.3, -0.25) is 4.79 Å². The van der Waals surface area contributed by atoms with Gasteiger partial charge in [-0.15, -0.1) is 0 Å². The number of nitrogens with one attached hydrogen (secondary N) is 1. The van der Waals surface area contributed by atoms with Gasteiger partial charge >= 0.3 is 0 Å². The number of hydrogen-bond donors (Lipinski definition) is 1. The summed E-state index contributed by atoms with van der Waals surface area (Å²) in [4.78, 5) is 12.0. The summed E-state index contributed by atoms with van der Waals surface area (Å²) in [5.74, 6) is -0.0722. The Bertz CT molecular complexity index is 888. The van der Waals surface area contributed by atoms with Gasteiger partial charge in [-0.2, -0.15) is 5.10 Å². The molecule has 0 bridgehead atoms. The molecule has 0 radical (unpaired) electrons. The number of hydrogen-bond acceptors (Lipinski definition) is 3. The van der Waals surface area contributed by atoms with E-state index in [-0.39, 0.29) is 5.91 Å². The van der Waals surface area contributed by atoms with Crippen molar-refractivity contribution < 1.29 is 13.9 Å². The van der Waals surface area contributed by atoms with Crippen LogP contribution in [0.25, 0.3) is 11.8 Å². The van der Waals surface area contributed by atoms with Crippen molar-refractivity contribution in [3.05, 3.63) is 78.4 Å². The molecule has 1 N–H and O–H groups in total. The highest BCUT2D eigenvalue weighted by atomic mass is 19.1. The van der Waals surface area contributed by atoms with Crippen LogP contribution < -0.4 is 10.1 Å². The number of carbonyl (C=O) groups excluding carboxylic acids is 1. The normalized spacial score (nSPS) is 10.8. The zero-order chi connectivity index (χ0) is 17.6. The molecule has 0 fully saturated rings. The number of methoxy groups -OCH3 is 1. The van der Waals surface area contributed by atoms with Crippen molar-refractivity contribution in [3.8, 4) is 11.4 Å². The summed E-state index contributed by atoms with van der Waals surface area (Å²) in [7, 11) is 1.59. The third-order valence-electron chi connectivity index (χ3n) is 3.51. The van der Waals surface area contributed by atoms with Crippen LogP contribution in [0.1, 0.15) is 5.56 Å². The summed E-state index contributed by atoms with van der Waals surface area (Å²) in [6.07, 6.45) is 6.28. The lowest BCUT2D eigenvalue weighted by Crippen LogP contribution is -2.08. The van der Waals surface area contributed by atoms with Gasteiger partial charge < -0.3 is 10.1 Å². The van der Waals surface area contributed by atoms with Crippen LogP contribution in [0.15, 0.2) is 67.0 Å². The zero-order valence-electron chi connectivity index (χ0n) is 13.5. The van der Waals surface area contributed by atoms with Gasteiger partial charge in [0, 0.05) is 24.2 Å². The number of rotatable bonds is 5. The summed E-state index contributed by atoms with van der Waals surface area (Å²) in [6.45, 7) is 0. The Labute approximate surface area is 144 Å². The highest BCUT2D eigenvalue weighted by molar-refractivity contribution is 6.01. The Morgan fingerprint density at radius 2 is 2.04 bits per heavy atom. The molecule has 0 unspecified atom stereocenters. The van der Waals surface area contributed by atoms with Gasteiger partial charge in [0.15, 0.2) is 5.82 Å². The Hall–Kier alpha value is -3.41. The molecule has 25 heavy (non-hydrogen) atoms. The molecule has 0 spiro atoms. The molecule has 1 amide bonds. The first-order valence-corrected chi connectivity index (χ1v) is 7.58. The minimum absolute atomic E-state index is 0.316. The maximum absolute atomic E-state index is 14.1. The van der Waals surface area contributed by atoms with E-state index >= 15 is 0 Å². The van der Waals surface area contributed by atoms with Crippen molar-refractivity contribution >= 4 is 17.7 Å². The molecule has 6 heteroatoms. The average molecular weight is 337 g/mol. The molecule has 1 aromatic heterocycles. The molecule has 0 saturated heterocycles. The minimum Gasteiger partial charge on any atom is -0.497 e. The summed E-state index contributed by atoms with van der Waals surface area (Å²) in [5, 5.41) is 6.61. The second-order valence-corrected chi connectivity index (χ2v) is 5.21. The molecule has 1 heterocycles. The van der Waals surface area contributed by atoms with Crippen LogP contribution in [-0.4, -0.2) is 22.8 Å². The van der Waals surface area contributed by atoms with Crippen LogP contribution in [0.5, 0.6) is 5.75 Å². The minimum atomic E-state index is -0.472. The lowest BCUT2D eigenvalue weighted by molar-refractivity contribution is -0.111. The van der Waals surface area contributed by atoms with Gasteiger partial charge in [0.25, 0.3) is 0 Å². The highest BCUT2D eigenvalue weighted by Crippen LogP contribution is 2.18. The topological polar surface area (TPSA) is 56.1 Å². The van der Waals surface area contributed by atoms with Crippen molar-refractivity contribution in [1.29, 1.82) is 0 Å². The Balaban J connectivity index is 1.66. The number of carbonyl (C=O) groups is 1. The number of benzene rings is 2. The Morgan fingerprint density at radius 3 is 2.68 bits per heavy atom. The fourth-order valence-corrected chi connectivity index (χ4v) is 2.25. The van der Waals surface area contributed by atoms with Crippen LogP contribution in [0.2, 0.25) is 0 Å². The molecule has 3 aromatic rings. The lowest BCUT2D eigenvalue weighted by Gasteiger charge is -2.06. The molecule has 0 aliphatic heterocycles. The van der Waals surface area contributed by atoms with E-state index in [0.29, 0.717) is 11.4 Å². The fraction of sp³-hybridized carbons (Fsp3) is 0.0526. The van der Waals surface area contributed by atoms with E-state index < -0.39 is 5.82 Å². The number of anilines is 1. The van der Waals surface area contributed by atoms with Gasteiger partial charge in [0.2, 0.25) is 5.91 Å². The number of amides is 1. The lowest BCUT2D eigenvalue weighted by atomic mass is 10.2. The molecular formula is C19H16FN3O2. The van der Waals surface area contributed by atoms with Crippen molar-refractivity contribution in [2.24, 2.45) is 0 Å². The van der Waals surface area contributed by atoms with E-state index in [9.17, 15) is 9.18 Å². The van der Waals surface area contributed by atoms with Gasteiger partial charge in [0.05, 0.1) is 7.11 Å². The predicted molar refractivity (Wildman–Crippen MR) is 94.2 cm³/mol. The van der Waals surface area contributed by atoms with E-state index in [4.69, 9.17) is 4.74 Å². The second-order valence-electron chi connectivity index (χ2n) is 5.21. The first-order chi connectivity index (χ1) is 12.2. The molecule has 0 atom stereocenters. The highest BCUT2D eigenvalue weighted by Gasteiger charge is 2.07. The maximum atomic E-state index is 14.1. The number of aromatic nitrogens is 2. The molecule has 126 valence electrons. The average Bonchev–Trinajstić information content (AvgIpc) is 3.15. The smallest absolute Gasteiger partial charge is 0.248 e. The van der Waals surface area contributed by atoms with Crippen molar-refractivity contribution in [2.75, 3.05) is 12.4 Å². The molecule has 0 aliphatic rings. The number of halogens is 1. The van der Waals surface area contributed by atoms with Crippen LogP contribution in [-0.2, 0) is 4.79 Å². The molecule has 0 aliphatic carbocycles. The first kappa shape index (κ1) is 16.4. The molecule has 3 rings (SSSR count).